The molecule has 10 heavy (non-hydrogen) atoms. The molecule has 0 aromatic heterocycles. The fourth-order valence-corrected chi connectivity index (χ4v) is 0.719. The van der Waals surface area contributed by atoms with Gasteiger partial charge in [-0.05, 0) is 11.8 Å². The number of terminal acetylenes is 1. The van der Waals surface area contributed by atoms with Crippen molar-refractivity contribution in [3.05, 3.63) is 0 Å². The summed E-state index contributed by atoms with van der Waals surface area (Å²) in [6.45, 7) is 2.52. The van der Waals surface area contributed by atoms with Crippen LogP contribution in [-0.2, 0) is 9.53 Å². The van der Waals surface area contributed by atoms with Crippen molar-refractivity contribution in [3.63, 3.8) is 0 Å². The fraction of sp³-hybridized carbons (Fsp3) is 0.625. The van der Waals surface area contributed by atoms with Crippen molar-refractivity contribution >= 4 is 5.78 Å². The fourth-order valence-electron chi connectivity index (χ4n) is 0.719. The van der Waals surface area contributed by atoms with Crippen LogP contribution >= 0.6 is 0 Å². The van der Waals surface area contributed by atoms with Gasteiger partial charge in [0.25, 0.3) is 0 Å². The Morgan fingerprint density at radius 3 is 2.80 bits per heavy atom. The van der Waals surface area contributed by atoms with Crippen molar-refractivity contribution in [1.29, 1.82) is 0 Å². The van der Waals surface area contributed by atoms with Crippen molar-refractivity contribution < 1.29 is 9.53 Å². The van der Waals surface area contributed by atoms with Crippen LogP contribution in [0.15, 0.2) is 0 Å². The molecule has 0 aromatic carbocycles. The smallest absolute Gasteiger partial charge is 0.205 e. The lowest BCUT2D eigenvalue weighted by Crippen LogP contribution is -2.08. The molecular formula is C8H12O2. The van der Waals surface area contributed by atoms with Gasteiger partial charge in [-0.25, -0.2) is 0 Å². The van der Waals surface area contributed by atoms with Crippen LogP contribution in [0.1, 0.15) is 13.3 Å². The lowest BCUT2D eigenvalue weighted by molar-refractivity contribution is -0.114. The molecule has 0 N–H and O–H groups in total. The molecule has 0 rings (SSSR count). The Labute approximate surface area is 61.6 Å². The molecule has 0 radical (unpaired) electrons. The second-order valence-corrected chi connectivity index (χ2v) is 2.33. The minimum absolute atomic E-state index is 0.149. The first-order valence-electron chi connectivity index (χ1n) is 3.19. The maximum atomic E-state index is 10.6. The number of methoxy groups -OCH3 is 1. The van der Waals surface area contributed by atoms with Crippen molar-refractivity contribution in [2.75, 3.05) is 13.7 Å². The second-order valence-electron chi connectivity index (χ2n) is 2.33. The van der Waals surface area contributed by atoms with Crippen LogP contribution < -0.4 is 0 Å². The van der Waals surface area contributed by atoms with E-state index in [-0.39, 0.29) is 11.7 Å². The third-order valence-electron chi connectivity index (χ3n) is 1.15. The average molecular weight is 140 g/mol. The van der Waals surface area contributed by atoms with E-state index in [1.54, 1.807) is 7.11 Å². The van der Waals surface area contributed by atoms with Gasteiger partial charge in [-0.3, -0.25) is 4.79 Å². The molecule has 0 bridgehead atoms. The highest BCUT2D eigenvalue weighted by molar-refractivity contribution is 5.94. The predicted octanol–water partition coefficient (Wildman–Crippen LogP) is 0.861. The first-order valence-corrected chi connectivity index (χ1v) is 3.19. The van der Waals surface area contributed by atoms with Crippen LogP contribution in [0.3, 0.4) is 0 Å². The zero-order chi connectivity index (χ0) is 7.98. The Balaban J connectivity index is 3.49. The summed E-state index contributed by atoms with van der Waals surface area (Å²) in [4.78, 5) is 10.6. The predicted molar refractivity (Wildman–Crippen MR) is 39.5 cm³/mol. The van der Waals surface area contributed by atoms with Crippen LogP contribution in [-0.4, -0.2) is 19.5 Å². The third-order valence-corrected chi connectivity index (χ3v) is 1.15. The van der Waals surface area contributed by atoms with Crippen molar-refractivity contribution in [1.82, 2.24) is 0 Å². The molecule has 1 unspecified atom stereocenters. The highest BCUT2D eigenvalue weighted by atomic mass is 16.5. The standard InChI is InChI=1S/C8H12O2/c1-4-8(9)5-7(2)6-10-3/h1,7H,5-6H2,2-3H3. The second kappa shape index (κ2) is 5.01. The SMILES string of the molecule is C#CC(=O)CC(C)COC. The maximum Gasteiger partial charge on any atom is 0.205 e. The molecule has 1 atom stereocenters. The molecule has 0 aromatic rings. The molecule has 0 aliphatic rings. The Kier molecular flexibility index (Phi) is 4.61. The van der Waals surface area contributed by atoms with E-state index in [1.165, 1.54) is 0 Å². The van der Waals surface area contributed by atoms with Gasteiger partial charge in [0.1, 0.15) is 0 Å². The zero-order valence-corrected chi connectivity index (χ0v) is 6.39. The summed E-state index contributed by atoms with van der Waals surface area (Å²) < 4.78 is 4.83. The number of rotatable bonds is 4. The molecule has 0 saturated heterocycles. The highest BCUT2D eigenvalue weighted by Crippen LogP contribution is 2.01. The van der Waals surface area contributed by atoms with Crippen molar-refractivity contribution in [3.8, 4) is 12.3 Å². The third kappa shape index (κ3) is 4.11. The van der Waals surface area contributed by atoms with Gasteiger partial charge in [-0.1, -0.05) is 6.92 Å². The molecule has 0 amide bonds. The van der Waals surface area contributed by atoms with Gasteiger partial charge in [-0.2, -0.15) is 0 Å². The van der Waals surface area contributed by atoms with Crippen LogP contribution in [0, 0.1) is 18.3 Å². The van der Waals surface area contributed by atoms with Gasteiger partial charge in [-0.15, -0.1) is 6.42 Å². The summed E-state index contributed by atoms with van der Waals surface area (Å²) in [5.41, 5.74) is 0. The van der Waals surface area contributed by atoms with E-state index in [2.05, 4.69) is 5.92 Å². The Bertz CT molecular complexity index is 144. The summed E-state index contributed by atoms with van der Waals surface area (Å²) in [5, 5.41) is 0. The van der Waals surface area contributed by atoms with E-state index >= 15 is 0 Å². The Hall–Kier alpha value is -0.810. The zero-order valence-electron chi connectivity index (χ0n) is 6.39. The lowest BCUT2D eigenvalue weighted by atomic mass is 10.1. The monoisotopic (exact) mass is 140 g/mol. The number of ether oxygens (including phenoxy) is 1. The van der Waals surface area contributed by atoms with Gasteiger partial charge < -0.3 is 4.74 Å². The number of hydrogen-bond acceptors (Lipinski definition) is 2. The topological polar surface area (TPSA) is 26.3 Å². The maximum absolute atomic E-state index is 10.6. The minimum Gasteiger partial charge on any atom is -0.384 e. The number of carbonyl (C=O) groups excluding carboxylic acids is 1. The van der Waals surface area contributed by atoms with Gasteiger partial charge >= 0.3 is 0 Å². The van der Waals surface area contributed by atoms with Crippen LogP contribution in [0.4, 0.5) is 0 Å². The largest absolute Gasteiger partial charge is 0.384 e. The van der Waals surface area contributed by atoms with Crippen LogP contribution in [0.2, 0.25) is 0 Å². The summed E-state index contributed by atoms with van der Waals surface area (Å²) >= 11 is 0. The lowest BCUT2D eigenvalue weighted by Gasteiger charge is -2.05. The van der Waals surface area contributed by atoms with Crippen LogP contribution in [0.5, 0.6) is 0 Å². The number of carbonyl (C=O) groups is 1. The van der Waals surface area contributed by atoms with Gasteiger partial charge in [0.05, 0.1) is 0 Å². The number of Topliss-reactive ketones (excluding diaryl/α,β-unsaturated/α-hetero) is 1. The van der Waals surface area contributed by atoms with E-state index in [1.807, 2.05) is 6.92 Å². The van der Waals surface area contributed by atoms with Crippen molar-refractivity contribution in [2.45, 2.75) is 13.3 Å². The van der Waals surface area contributed by atoms with E-state index in [0.29, 0.717) is 13.0 Å². The van der Waals surface area contributed by atoms with E-state index in [0.717, 1.165) is 0 Å². The quantitative estimate of drug-likeness (QED) is 0.427. The highest BCUT2D eigenvalue weighted by Gasteiger charge is 2.05. The molecule has 2 nitrogen and oxygen atoms in total. The molecule has 0 aliphatic carbocycles. The molecule has 0 saturated carbocycles. The summed E-state index contributed by atoms with van der Waals surface area (Å²) in [7, 11) is 1.61. The molecule has 0 spiro atoms. The van der Waals surface area contributed by atoms with Crippen LogP contribution in [0.25, 0.3) is 0 Å². The first-order chi connectivity index (χ1) is 4.70. The Morgan fingerprint density at radius 1 is 1.80 bits per heavy atom. The van der Waals surface area contributed by atoms with E-state index in [9.17, 15) is 4.79 Å². The summed E-state index contributed by atoms with van der Waals surface area (Å²) in [6.07, 6.45) is 5.30. The molecule has 0 aliphatic heterocycles. The van der Waals surface area contributed by atoms with E-state index in [4.69, 9.17) is 11.2 Å². The summed E-state index contributed by atoms with van der Waals surface area (Å²) in [6, 6.07) is 0. The van der Waals surface area contributed by atoms with Gasteiger partial charge in [0.15, 0.2) is 0 Å². The minimum atomic E-state index is -0.149. The molecule has 0 heterocycles. The molecule has 2 heteroatoms. The molecular weight excluding hydrogens is 128 g/mol. The summed E-state index contributed by atoms with van der Waals surface area (Å²) in [5.74, 6) is 2.14. The van der Waals surface area contributed by atoms with Crippen molar-refractivity contribution in [2.24, 2.45) is 5.92 Å². The van der Waals surface area contributed by atoms with E-state index < -0.39 is 0 Å². The number of ketones is 1. The van der Waals surface area contributed by atoms with Gasteiger partial charge in [0, 0.05) is 20.1 Å². The molecule has 0 fully saturated rings. The van der Waals surface area contributed by atoms with Gasteiger partial charge in [0.2, 0.25) is 5.78 Å². The Morgan fingerprint density at radius 2 is 2.40 bits per heavy atom. The first kappa shape index (κ1) is 9.19. The normalized spacial score (nSPS) is 12.1. The number of hydrogen-bond donors (Lipinski definition) is 0. The molecule has 56 valence electrons. The average Bonchev–Trinajstić information content (AvgIpc) is 1.88.